The van der Waals surface area contributed by atoms with Crippen LogP contribution in [0.1, 0.15) is 42.9 Å². The predicted octanol–water partition coefficient (Wildman–Crippen LogP) is 4.42. The van der Waals surface area contributed by atoms with Crippen LogP contribution >= 0.6 is 24.0 Å². The SMILES string of the molecule is CCCCCN1C(=O)/C(=C\c2c(C)c(C#N)c(=O)n(C)c2N2CCN(c3ccc(F)cc3)CC2)SC1=S. The summed E-state index contributed by atoms with van der Waals surface area (Å²) in [6.45, 7) is 7.05. The van der Waals surface area contributed by atoms with Crippen LogP contribution in [-0.2, 0) is 11.8 Å². The first-order valence-electron chi connectivity index (χ1n) is 12.4. The van der Waals surface area contributed by atoms with Gasteiger partial charge in [0.25, 0.3) is 11.5 Å². The number of benzene rings is 1. The molecule has 0 saturated carbocycles. The number of piperazine rings is 1. The Morgan fingerprint density at radius 3 is 2.38 bits per heavy atom. The minimum Gasteiger partial charge on any atom is -0.368 e. The standard InChI is InChI=1S/C27H30FN5O2S2/c1-4-5-6-11-33-26(35)23(37-27(33)36)16-21-18(2)22(17-29)25(34)30(3)24(21)32-14-12-31(13-15-32)20-9-7-19(28)8-10-20/h7-10,16H,4-6,11-15H2,1-3H3/b23-16+. The van der Waals surface area contributed by atoms with E-state index < -0.39 is 0 Å². The molecule has 3 heterocycles. The lowest BCUT2D eigenvalue weighted by Crippen LogP contribution is -2.48. The monoisotopic (exact) mass is 539 g/mol. The van der Waals surface area contributed by atoms with Crippen molar-refractivity contribution in [1.82, 2.24) is 9.47 Å². The zero-order valence-corrected chi connectivity index (χ0v) is 22.9. The molecule has 1 amide bonds. The number of thiocarbonyl (C=S) groups is 1. The van der Waals surface area contributed by atoms with Crippen LogP contribution in [0.3, 0.4) is 0 Å². The van der Waals surface area contributed by atoms with E-state index in [4.69, 9.17) is 12.2 Å². The molecule has 0 radical (unpaired) electrons. The molecule has 1 aromatic heterocycles. The number of carbonyl (C=O) groups is 1. The number of hydrogen-bond donors (Lipinski definition) is 0. The third-order valence-corrected chi connectivity index (χ3v) is 8.25. The maximum absolute atomic E-state index is 13.4. The predicted molar refractivity (Wildman–Crippen MR) is 151 cm³/mol. The molecule has 0 bridgehead atoms. The molecule has 10 heteroatoms. The lowest BCUT2D eigenvalue weighted by atomic mass is 10.0. The number of aromatic nitrogens is 1. The third-order valence-electron chi connectivity index (χ3n) is 6.87. The molecule has 0 spiro atoms. The zero-order chi connectivity index (χ0) is 26.7. The summed E-state index contributed by atoms with van der Waals surface area (Å²) < 4.78 is 15.4. The molecular formula is C27H30FN5O2S2. The molecule has 2 aliphatic heterocycles. The molecule has 194 valence electrons. The topological polar surface area (TPSA) is 72.6 Å². The minimum atomic E-state index is -0.361. The highest BCUT2D eigenvalue weighted by molar-refractivity contribution is 8.26. The number of halogens is 1. The van der Waals surface area contributed by atoms with Crippen LogP contribution in [0.2, 0.25) is 0 Å². The van der Waals surface area contributed by atoms with Crippen molar-refractivity contribution >= 4 is 51.8 Å². The van der Waals surface area contributed by atoms with Crippen LogP contribution in [0.5, 0.6) is 0 Å². The highest BCUT2D eigenvalue weighted by Crippen LogP contribution is 2.36. The van der Waals surface area contributed by atoms with Gasteiger partial charge in [-0.25, -0.2) is 4.39 Å². The molecule has 0 atom stereocenters. The number of thioether (sulfide) groups is 1. The van der Waals surface area contributed by atoms with E-state index in [9.17, 15) is 19.2 Å². The van der Waals surface area contributed by atoms with Gasteiger partial charge >= 0.3 is 0 Å². The molecule has 37 heavy (non-hydrogen) atoms. The number of hydrogen-bond acceptors (Lipinski definition) is 7. The number of nitriles is 1. The van der Waals surface area contributed by atoms with E-state index in [1.807, 2.05) is 6.07 Å². The van der Waals surface area contributed by atoms with Gasteiger partial charge in [-0.15, -0.1) is 0 Å². The molecule has 7 nitrogen and oxygen atoms in total. The van der Waals surface area contributed by atoms with Gasteiger partial charge in [0.1, 0.15) is 27.6 Å². The summed E-state index contributed by atoms with van der Waals surface area (Å²) in [5.41, 5.74) is 1.89. The number of rotatable bonds is 7. The fourth-order valence-electron chi connectivity index (χ4n) is 4.77. The number of pyridine rings is 1. The van der Waals surface area contributed by atoms with Crippen LogP contribution < -0.4 is 15.4 Å². The molecule has 2 saturated heterocycles. The van der Waals surface area contributed by atoms with Crippen LogP contribution in [0.4, 0.5) is 15.9 Å². The number of unbranched alkanes of at least 4 members (excludes halogenated alkanes) is 2. The van der Waals surface area contributed by atoms with Crippen molar-refractivity contribution in [3.63, 3.8) is 0 Å². The van der Waals surface area contributed by atoms with Crippen molar-refractivity contribution < 1.29 is 9.18 Å². The summed E-state index contributed by atoms with van der Waals surface area (Å²) in [4.78, 5) is 32.7. The largest absolute Gasteiger partial charge is 0.368 e. The Labute approximate surface area is 226 Å². The van der Waals surface area contributed by atoms with Crippen LogP contribution in [0.15, 0.2) is 34.0 Å². The Morgan fingerprint density at radius 2 is 1.76 bits per heavy atom. The van der Waals surface area contributed by atoms with E-state index in [0.29, 0.717) is 58.9 Å². The summed E-state index contributed by atoms with van der Waals surface area (Å²) in [5.74, 6) is 0.271. The minimum absolute atomic E-state index is 0.0703. The second-order valence-corrected chi connectivity index (χ2v) is 10.9. The smallest absolute Gasteiger partial charge is 0.270 e. The molecule has 0 aliphatic carbocycles. The third kappa shape index (κ3) is 5.43. The molecule has 4 rings (SSSR count). The fourth-order valence-corrected chi connectivity index (χ4v) is 6.06. The van der Waals surface area contributed by atoms with Crippen LogP contribution in [0.25, 0.3) is 6.08 Å². The molecule has 1 aromatic carbocycles. The normalized spacial score (nSPS) is 17.2. The van der Waals surface area contributed by atoms with Gasteiger partial charge in [-0.3, -0.25) is 19.1 Å². The van der Waals surface area contributed by atoms with Crippen molar-refractivity contribution in [2.24, 2.45) is 7.05 Å². The van der Waals surface area contributed by atoms with Gasteiger partial charge in [-0.1, -0.05) is 43.7 Å². The van der Waals surface area contributed by atoms with Crippen molar-refractivity contribution in [3.05, 3.63) is 62.0 Å². The summed E-state index contributed by atoms with van der Waals surface area (Å²) in [7, 11) is 1.66. The van der Waals surface area contributed by atoms with Gasteiger partial charge < -0.3 is 9.80 Å². The average molecular weight is 540 g/mol. The molecule has 0 N–H and O–H groups in total. The van der Waals surface area contributed by atoms with E-state index in [1.54, 1.807) is 37.1 Å². The van der Waals surface area contributed by atoms with Gasteiger partial charge in [0.2, 0.25) is 0 Å². The Morgan fingerprint density at radius 1 is 1.11 bits per heavy atom. The van der Waals surface area contributed by atoms with Gasteiger partial charge in [-0.2, -0.15) is 5.26 Å². The van der Waals surface area contributed by atoms with Crippen molar-refractivity contribution in [2.45, 2.75) is 33.1 Å². The van der Waals surface area contributed by atoms with E-state index in [1.165, 1.54) is 28.5 Å². The van der Waals surface area contributed by atoms with E-state index in [2.05, 4.69) is 16.7 Å². The van der Waals surface area contributed by atoms with E-state index >= 15 is 0 Å². The van der Waals surface area contributed by atoms with Gasteiger partial charge in [0.05, 0.1) is 4.91 Å². The average Bonchev–Trinajstić information content (AvgIpc) is 3.16. The van der Waals surface area contributed by atoms with Crippen molar-refractivity contribution in [1.29, 1.82) is 5.26 Å². The van der Waals surface area contributed by atoms with Gasteiger partial charge in [0.15, 0.2) is 0 Å². The highest BCUT2D eigenvalue weighted by Gasteiger charge is 2.33. The molecule has 2 aromatic rings. The fraction of sp³-hybridized carbons (Fsp3) is 0.407. The lowest BCUT2D eigenvalue weighted by Gasteiger charge is -2.38. The highest BCUT2D eigenvalue weighted by atomic mass is 32.2. The lowest BCUT2D eigenvalue weighted by molar-refractivity contribution is -0.122. The molecular weight excluding hydrogens is 509 g/mol. The first-order chi connectivity index (χ1) is 17.8. The zero-order valence-electron chi connectivity index (χ0n) is 21.3. The summed E-state index contributed by atoms with van der Waals surface area (Å²) in [6, 6.07) is 8.48. The maximum atomic E-state index is 13.4. The second-order valence-electron chi connectivity index (χ2n) is 9.20. The van der Waals surface area contributed by atoms with E-state index in [-0.39, 0.29) is 22.8 Å². The molecule has 2 aliphatic rings. The number of nitrogens with zero attached hydrogens (tertiary/aromatic N) is 5. The number of amides is 1. The van der Waals surface area contributed by atoms with Crippen molar-refractivity contribution in [2.75, 3.05) is 42.5 Å². The Kier molecular flexibility index (Phi) is 8.35. The Balaban J connectivity index is 1.68. The Hall–Kier alpha value is -3.16. The van der Waals surface area contributed by atoms with E-state index in [0.717, 1.165) is 24.9 Å². The molecule has 2 fully saturated rings. The number of anilines is 2. The van der Waals surface area contributed by atoms with Crippen molar-refractivity contribution in [3.8, 4) is 6.07 Å². The summed E-state index contributed by atoms with van der Waals surface area (Å²) in [6.07, 6.45) is 4.75. The summed E-state index contributed by atoms with van der Waals surface area (Å²) >= 11 is 6.76. The first kappa shape index (κ1) is 26.9. The second kappa shape index (κ2) is 11.5. The van der Waals surface area contributed by atoms with Gasteiger partial charge in [-0.05, 0) is 49.2 Å². The quantitative estimate of drug-likeness (QED) is 0.293. The number of carbonyl (C=O) groups excluding carboxylic acids is 1. The summed E-state index contributed by atoms with van der Waals surface area (Å²) in [5, 5.41) is 9.71. The first-order valence-corrected chi connectivity index (χ1v) is 13.6. The molecule has 0 unspecified atom stereocenters. The van der Waals surface area contributed by atoms with Crippen LogP contribution in [0, 0.1) is 24.1 Å². The van der Waals surface area contributed by atoms with Crippen LogP contribution in [-0.4, -0.2) is 52.4 Å². The maximum Gasteiger partial charge on any atom is 0.270 e. The van der Waals surface area contributed by atoms with Gasteiger partial charge in [0, 0.05) is 51.0 Å². The Bertz CT molecular complexity index is 1340.